The van der Waals surface area contributed by atoms with Crippen molar-refractivity contribution in [3.63, 3.8) is 0 Å². The first-order valence-electron chi connectivity index (χ1n) is 5.80. The molecule has 2 rings (SSSR count). The second kappa shape index (κ2) is 6.64. The van der Waals surface area contributed by atoms with Gasteiger partial charge in [-0.3, -0.25) is 10.2 Å². The van der Waals surface area contributed by atoms with Crippen LogP contribution in [-0.4, -0.2) is 11.5 Å². The fourth-order valence-electron chi connectivity index (χ4n) is 1.50. The molecule has 2 aromatic carbocycles. The van der Waals surface area contributed by atoms with Gasteiger partial charge in [0.1, 0.15) is 6.07 Å². The number of nitriles is 1. The van der Waals surface area contributed by atoms with E-state index in [9.17, 15) is 4.79 Å². The van der Waals surface area contributed by atoms with Gasteiger partial charge < -0.3 is 0 Å². The van der Waals surface area contributed by atoms with Crippen LogP contribution < -0.4 is 5.43 Å². The van der Waals surface area contributed by atoms with Crippen molar-refractivity contribution in [2.24, 2.45) is 5.10 Å². The molecule has 0 unspecified atom stereocenters. The van der Waals surface area contributed by atoms with Gasteiger partial charge in [-0.05, 0) is 36.4 Å². The summed E-state index contributed by atoms with van der Waals surface area (Å²) < 4.78 is 0.868. The Morgan fingerprint density at radius 2 is 1.75 bits per heavy atom. The minimum absolute atomic E-state index is 0.184. The molecule has 1 N–H and O–H groups in total. The summed E-state index contributed by atoms with van der Waals surface area (Å²) in [5, 5.41) is 12.9. The molecule has 20 heavy (non-hydrogen) atoms. The number of halogens is 1. The van der Waals surface area contributed by atoms with Crippen LogP contribution in [-0.2, 0) is 0 Å². The van der Waals surface area contributed by atoms with Gasteiger partial charge in [-0.1, -0.05) is 34.1 Å². The summed E-state index contributed by atoms with van der Waals surface area (Å²) in [6, 6.07) is 17.7. The molecule has 5 heteroatoms. The number of benzene rings is 2. The summed E-state index contributed by atoms with van der Waals surface area (Å²) in [5.41, 5.74) is 3.64. The van der Waals surface area contributed by atoms with E-state index in [-0.39, 0.29) is 5.71 Å². The molecular weight excluding hydrogens is 318 g/mol. The second-order valence-corrected chi connectivity index (χ2v) is 4.80. The molecule has 0 bridgehead atoms. The number of nitrogens with zero attached hydrogens (tertiary/aromatic N) is 2. The van der Waals surface area contributed by atoms with Crippen molar-refractivity contribution < 1.29 is 4.79 Å². The number of para-hydroxylation sites is 1. The Labute approximate surface area is 124 Å². The maximum absolute atomic E-state index is 12.1. The Morgan fingerprint density at radius 1 is 1.10 bits per heavy atom. The molecule has 0 saturated carbocycles. The summed E-state index contributed by atoms with van der Waals surface area (Å²) in [6.45, 7) is 0. The monoisotopic (exact) mass is 327 g/mol. The molecular formula is C15H10BrN3O. The highest BCUT2D eigenvalue weighted by Gasteiger charge is 2.13. The smallest absolute Gasteiger partial charge is 0.223 e. The zero-order valence-corrected chi connectivity index (χ0v) is 12.0. The largest absolute Gasteiger partial charge is 0.286 e. The fraction of sp³-hybridized carbons (Fsp3) is 0. The first-order chi connectivity index (χ1) is 9.70. The van der Waals surface area contributed by atoms with Crippen LogP contribution >= 0.6 is 15.9 Å². The first-order valence-corrected chi connectivity index (χ1v) is 6.59. The topological polar surface area (TPSA) is 65.2 Å². The average Bonchev–Trinajstić information content (AvgIpc) is 2.49. The molecule has 0 saturated heterocycles. The predicted octanol–water partition coefficient (Wildman–Crippen LogP) is 3.62. The van der Waals surface area contributed by atoms with Crippen molar-refractivity contribution in [2.75, 3.05) is 5.43 Å². The Bertz CT molecular complexity index is 673. The molecule has 0 aliphatic rings. The maximum Gasteiger partial charge on any atom is 0.223 e. The van der Waals surface area contributed by atoms with E-state index in [4.69, 9.17) is 5.26 Å². The van der Waals surface area contributed by atoms with Gasteiger partial charge in [-0.25, -0.2) is 0 Å². The van der Waals surface area contributed by atoms with Crippen molar-refractivity contribution >= 4 is 33.1 Å². The van der Waals surface area contributed by atoms with Crippen LogP contribution in [0.1, 0.15) is 10.4 Å². The molecule has 0 aliphatic heterocycles. The predicted molar refractivity (Wildman–Crippen MR) is 81.6 cm³/mol. The molecule has 0 aromatic heterocycles. The molecule has 0 radical (unpaired) electrons. The quantitative estimate of drug-likeness (QED) is 0.529. The molecule has 4 nitrogen and oxygen atoms in total. The summed E-state index contributed by atoms with van der Waals surface area (Å²) in [7, 11) is 0. The normalized spacial score (nSPS) is 10.7. The van der Waals surface area contributed by atoms with Crippen LogP contribution in [0.5, 0.6) is 0 Å². The van der Waals surface area contributed by atoms with E-state index >= 15 is 0 Å². The molecule has 0 aliphatic carbocycles. The third kappa shape index (κ3) is 3.53. The van der Waals surface area contributed by atoms with Gasteiger partial charge in [0.15, 0.2) is 0 Å². The van der Waals surface area contributed by atoms with Crippen molar-refractivity contribution in [1.29, 1.82) is 5.26 Å². The number of carbonyl (C=O) groups is 1. The third-order valence-corrected chi connectivity index (χ3v) is 3.03. The lowest BCUT2D eigenvalue weighted by Crippen LogP contribution is -2.14. The third-order valence-electron chi connectivity index (χ3n) is 2.50. The number of carbonyl (C=O) groups excluding carboxylic acids is 1. The average molecular weight is 328 g/mol. The first kappa shape index (κ1) is 14.0. The molecule has 0 heterocycles. The minimum atomic E-state index is -0.413. The van der Waals surface area contributed by atoms with Gasteiger partial charge in [-0.15, -0.1) is 0 Å². The number of ketones is 1. The summed E-state index contributed by atoms with van der Waals surface area (Å²) in [6.07, 6.45) is 0. The Morgan fingerprint density at radius 3 is 2.35 bits per heavy atom. The van der Waals surface area contributed by atoms with Gasteiger partial charge in [-0.2, -0.15) is 10.4 Å². The number of rotatable bonds is 4. The fourth-order valence-corrected chi connectivity index (χ4v) is 1.76. The van der Waals surface area contributed by atoms with E-state index in [1.54, 1.807) is 36.4 Å². The lowest BCUT2D eigenvalue weighted by Gasteiger charge is -2.01. The highest BCUT2D eigenvalue weighted by atomic mass is 79.9. The van der Waals surface area contributed by atoms with Crippen molar-refractivity contribution in [2.45, 2.75) is 0 Å². The zero-order valence-electron chi connectivity index (χ0n) is 10.4. The van der Waals surface area contributed by atoms with Crippen LogP contribution in [0.4, 0.5) is 5.69 Å². The highest BCUT2D eigenvalue weighted by Crippen LogP contribution is 2.12. The molecule has 0 amide bonds. The van der Waals surface area contributed by atoms with Gasteiger partial charge >= 0.3 is 0 Å². The van der Waals surface area contributed by atoms with E-state index in [1.165, 1.54) is 0 Å². The molecule has 0 fully saturated rings. The number of anilines is 1. The SMILES string of the molecule is N#C/C(=N\Nc1ccccc1)C(=O)c1ccc(Br)cc1. The lowest BCUT2D eigenvalue weighted by atomic mass is 10.1. The van der Waals surface area contributed by atoms with E-state index in [2.05, 4.69) is 26.5 Å². The van der Waals surface area contributed by atoms with E-state index in [0.29, 0.717) is 11.3 Å². The summed E-state index contributed by atoms with van der Waals surface area (Å²) in [4.78, 5) is 12.1. The Kier molecular flexibility index (Phi) is 4.64. The van der Waals surface area contributed by atoms with Crippen LogP contribution in [0.3, 0.4) is 0 Å². The number of hydrazone groups is 1. The standard InChI is InChI=1S/C15H10BrN3O/c16-12-8-6-11(7-9-12)15(20)14(10-17)19-18-13-4-2-1-3-5-13/h1-9,18H/b19-14+. The summed E-state index contributed by atoms with van der Waals surface area (Å²) in [5.74, 6) is -0.413. The second-order valence-electron chi connectivity index (χ2n) is 3.89. The van der Waals surface area contributed by atoms with Crippen LogP contribution in [0.25, 0.3) is 0 Å². The van der Waals surface area contributed by atoms with Crippen LogP contribution in [0, 0.1) is 11.3 Å². The van der Waals surface area contributed by atoms with Crippen molar-refractivity contribution in [1.82, 2.24) is 0 Å². The molecule has 0 atom stereocenters. The highest BCUT2D eigenvalue weighted by molar-refractivity contribution is 9.10. The zero-order chi connectivity index (χ0) is 14.4. The van der Waals surface area contributed by atoms with Gasteiger partial charge in [0.25, 0.3) is 0 Å². The lowest BCUT2D eigenvalue weighted by molar-refractivity contribution is 0.106. The van der Waals surface area contributed by atoms with Crippen LogP contribution in [0.15, 0.2) is 64.2 Å². The Hall–Kier alpha value is -2.45. The number of Topliss-reactive ketones (excluding diaryl/α,β-unsaturated/α-hetero) is 1. The van der Waals surface area contributed by atoms with E-state index in [0.717, 1.165) is 4.47 Å². The van der Waals surface area contributed by atoms with Crippen molar-refractivity contribution in [3.8, 4) is 6.07 Å². The van der Waals surface area contributed by atoms with Crippen LogP contribution in [0.2, 0.25) is 0 Å². The summed E-state index contributed by atoms with van der Waals surface area (Å²) >= 11 is 3.29. The molecule has 98 valence electrons. The van der Waals surface area contributed by atoms with E-state index in [1.807, 2.05) is 24.3 Å². The Balaban J connectivity index is 2.18. The minimum Gasteiger partial charge on any atom is -0.286 e. The number of nitrogens with one attached hydrogen (secondary N) is 1. The molecule has 0 spiro atoms. The van der Waals surface area contributed by atoms with Gasteiger partial charge in [0.2, 0.25) is 11.5 Å². The van der Waals surface area contributed by atoms with E-state index < -0.39 is 5.78 Å². The maximum atomic E-state index is 12.1. The van der Waals surface area contributed by atoms with Gasteiger partial charge in [0, 0.05) is 10.0 Å². The van der Waals surface area contributed by atoms with Gasteiger partial charge in [0.05, 0.1) is 5.69 Å². The number of hydrogen-bond acceptors (Lipinski definition) is 4. The number of hydrogen-bond donors (Lipinski definition) is 1. The molecule has 2 aromatic rings. The van der Waals surface area contributed by atoms with Crippen molar-refractivity contribution in [3.05, 3.63) is 64.6 Å².